The van der Waals surface area contributed by atoms with Crippen LogP contribution in [0, 0.1) is 0 Å². The molecule has 0 fully saturated rings. The highest BCUT2D eigenvalue weighted by atomic mass is 31.2. The number of rotatable bonds is 10. The lowest BCUT2D eigenvalue weighted by Gasteiger charge is -2.36. The first-order valence-electron chi connectivity index (χ1n) is 13.2. The van der Waals surface area contributed by atoms with E-state index in [1.54, 1.807) is 0 Å². The molecule has 0 radical (unpaired) electrons. The van der Waals surface area contributed by atoms with Crippen molar-refractivity contribution in [2.45, 2.75) is 13.0 Å². The van der Waals surface area contributed by atoms with Gasteiger partial charge >= 0.3 is 0 Å². The monoisotopic (exact) mass is 549 g/mol. The lowest BCUT2D eigenvalue weighted by molar-refractivity contribution is 0.283. The van der Waals surface area contributed by atoms with E-state index >= 15 is 9.13 Å². The zero-order chi connectivity index (χ0) is 27.1. The molecule has 5 aromatic carbocycles. The molecule has 0 spiro atoms. The summed E-state index contributed by atoms with van der Waals surface area (Å²) in [5, 5.41) is 3.21. The van der Waals surface area contributed by atoms with Gasteiger partial charge in [0.2, 0.25) is 0 Å². The van der Waals surface area contributed by atoms with Crippen LogP contribution in [0.1, 0.15) is 18.5 Å². The van der Waals surface area contributed by atoms with Crippen LogP contribution in [0.3, 0.4) is 0 Å². The number of hydrogen-bond acceptors (Lipinski definition) is 3. The van der Waals surface area contributed by atoms with Crippen LogP contribution in [0.15, 0.2) is 152 Å². The minimum Gasteiger partial charge on any atom is -0.312 e. The Morgan fingerprint density at radius 2 is 0.718 bits per heavy atom. The number of benzene rings is 5. The van der Waals surface area contributed by atoms with Gasteiger partial charge in [-0.25, -0.2) is 0 Å². The van der Waals surface area contributed by atoms with Crippen LogP contribution in [0.2, 0.25) is 0 Å². The molecule has 1 atom stereocenters. The Kier molecular flexibility index (Phi) is 8.44. The maximum Gasteiger partial charge on any atom is 0.156 e. The lowest BCUT2D eigenvalue weighted by Crippen LogP contribution is -2.36. The zero-order valence-electron chi connectivity index (χ0n) is 22.1. The van der Waals surface area contributed by atoms with Gasteiger partial charge in [0.15, 0.2) is 14.3 Å². The third-order valence-corrected chi connectivity index (χ3v) is 13.3. The average molecular weight is 550 g/mol. The van der Waals surface area contributed by atoms with E-state index in [2.05, 4.69) is 24.0 Å². The van der Waals surface area contributed by atoms with Crippen LogP contribution >= 0.6 is 14.3 Å². The molecule has 0 aliphatic rings. The highest BCUT2D eigenvalue weighted by molar-refractivity contribution is 7.79. The predicted octanol–water partition coefficient (Wildman–Crippen LogP) is 6.99. The van der Waals surface area contributed by atoms with Crippen molar-refractivity contribution in [2.24, 2.45) is 0 Å². The van der Waals surface area contributed by atoms with Crippen LogP contribution in [0.4, 0.5) is 0 Å². The van der Waals surface area contributed by atoms with E-state index in [9.17, 15) is 0 Å². The highest BCUT2D eigenvalue weighted by Gasteiger charge is 2.37. The van der Waals surface area contributed by atoms with Crippen molar-refractivity contribution in [3.63, 3.8) is 0 Å². The second-order valence-corrected chi connectivity index (χ2v) is 15.4. The van der Waals surface area contributed by atoms with Crippen LogP contribution in [-0.4, -0.2) is 17.5 Å². The van der Waals surface area contributed by atoms with Crippen LogP contribution in [0.5, 0.6) is 0 Å². The fourth-order valence-corrected chi connectivity index (χ4v) is 10.8. The van der Waals surface area contributed by atoms with Gasteiger partial charge in [-0.2, -0.15) is 0 Å². The van der Waals surface area contributed by atoms with Crippen molar-refractivity contribution in [2.75, 3.05) is 12.6 Å². The van der Waals surface area contributed by atoms with E-state index in [1.807, 2.05) is 140 Å². The molecule has 39 heavy (non-hydrogen) atoms. The summed E-state index contributed by atoms with van der Waals surface area (Å²) in [5.74, 6) is 0. The summed E-state index contributed by atoms with van der Waals surface area (Å²) in [6.45, 7) is 2.12. The molecule has 3 nitrogen and oxygen atoms in total. The maximum absolute atomic E-state index is 15.2. The Bertz CT molecular complexity index is 1370. The number of hydrogen-bond donors (Lipinski definition) is 0. The van der Waals surface area contributed by atoms with Crippen molar-refractivity contribution in [3.05, 3.63) is 157 Å². The summed E-state index contributed by atoms with van der Waals surface area (Å²) in [5.41, 5.74) is 1.10. The average Bonchev–Trinajstić information content (AvgIpc) is 3.02. The minimum atomic E-state index is -3.12. The van der Waals surface area contributed by atoms with Gasteiger partial charge in [0.05, 0.1) is 12.6 Å². The van der Waals surface area contributed by atoms with Gasteiger partial charge in [0, 0.05) is 27.3 Å². The molecule has 0 aromatic heterocycles. The fraction of sp³-hybridized carbons (Fsp3) is 0.118. The standard InChI is InChI=1S/C34H33NO2P2/c1-29(30-17-7-2-8-18-30)35(27-38(36,31-19-9-3-10-20-31)32-21-11-4-12-22-32)28-39(37,33-23-13-5-14-24-33)34-25-15-6-16-26-34/h2-26,29H,27-28H2,1H3/t29-/m0/s1. The van der Waals surface area contributed by atoms with Crippen LogP contribution in [-0.2, 0) is 9.13 Å². The van der Waals surface area contributed by atoms with Gasteiger partial charge in [-0.05, 0) is 12.5 Å². The lowest BCUT2D eigenvalue weighted by atomic mass is 10.1. The summed E-state index contributed by atoms with van der Waals surface area (Å²) in [4.78, 5) is 2.18. The Morgan fingerprint density at radius 3 is 1.00 bits per heavy atom. The smallest absolute Gasteiger partial charge is 0.156 e. The van der Waals surface area contributed by atoms with Gasteiger partial charge in [0.25, 0.3) is 0 Å². The minimum absolute atomic E-state index is 0.118. The van der Waals surface area contributed by atoms with Crippen LogP contribution < -0.4 is 21.2 Å². The van der Waals surface area contributed by atoms with Crippen molar-refractivity contribution >= 4 is 35.5 Å². The summed E-state index contributed by atoms with van der Waals surface area (Å²) in [6, 6.07) is 49.0. The zero-order valence-corrected chi connectivity index (χ0v) is 23.9. The molecule has 0 bridgehead atoms. The maximum atomic E-state index is 15.2. The van der Waals surface area contributed by atoms with Crippen molar-refractivity contribution in [3.8, 4) is 0 Å². The van der Waals surface area contributed by atoms with Gasteiger partial charge in [-0.3, -0.25) is 4.90 Å². The summed E-state index contributed by atoms with van der Waals surface area (Å²) in [7, 11) is -6.24. The summed E-state index contributed by atoms with van der Waals surface area (Å²) < 4.78 is 30.4. The van der Waals surface area contributed by atoms with Crippen molar-refractivity contribution in [1.82, 2.24) is 4.90 Å². The molecular formula is C34H33NO2P2. The predicted molar refractivity (Wildman–Crippen MR) is 166 cm³/mol. The third-order valence-electron chi connectivity index (χ3n) is 7.28. The highest BCUT2D eigenvalue weighted by Crippen LogP contribution is 2.50. The molecule has 5 heteroatoms. The first kappa shape index (κ1) is 27.1. The molecule has 0 unspecified atom stereocenters. The van der Waals surface area contributed by atoms with E-state index in [1.165, 1.54) is 0 Å². The van der Waals surface area contributed by atoms with E-state index in [-0.39, 0.29) is 18.6 Å². The molecule has 0 aliphatic carbocycles. The van der Waals surface area contributed by atoms with Gasteiger partial charge in [0.1, 0.15) is 0 Å². The van der Waals surface area contributed by atoms with E-state index in [0.717, 1.165) is 26.8 Å². The Labute approximate surface area is 231 Å². The molecular weight excluding hydrogens is 516 g/mol. The molecule has 0 N–H and O–H groups in total. The first-order valence-corrected chi connectivity index (χ1v) is 17.0. The second kappa shape index (κ2) is 12.1. The van der Waals surface area contributed by atoms with E-state index in [0.29, 0.717) is 0 Å². The quantitative estimate of drug-likeness (QED) is 0.176. The molecule has 5 rings (SSSR count). The topological polar surface area (TPSA) is 37.4 Å². The molecule has 0 saturated carbocycles. The fourth-order valence-electron chi connectivity index (χ4n) is 5.04. The normalized spacial score (nSPS) is 12.8. The van der Waals surface area contributed by atoms with Gasteiger partial charge in [-0.15, -0.1) is 0 Å². The van der Waals surface area contributed by atoms with Crippen LogP contribution in [0.25, 0.3) is 0 Å². The van der Waals surface area contributed by atoms with E-state index < -0.39 is 14.3 Å². The third kappa shape index (κ3) is 5.92. The molecule has 0 amide bonds. The first-order chi connectivity index (χ1) is 19.0. The molecule has 0 heterocycles. The Morgan fingerprint density at radius 1 is 0.462 bits per heavy atom. The number of nitrogens with zero attached hydrogens (tertiary/aromatic N) is 1. The SMILES string of the molecule is C[C@@H](c1ccccc1)N(CP(=O)(c1ccccc1)c1ccccc1)CP(=O)(c1ccccc1)c1ccccc1. The Balaban J connectivity index is 1.66. The molecule has 0 saturated heterocycles. The molecule has 0 aliphatic heterocycles. The van der Waals surface area contributed by atoms with E-state index in [4.69, 9.17) is 0 Å². The van der Waals surface area contributed by atoms with Crippen molar-refractivity contribution < 1.29 is 9.13 Å². The largest absolute Gasteiger partial charge is 0.312 e. The van der Waals surface area contributed by atoms with Crippen molar-refractivity contribution in [1.29, 1.82) is 0 Å². The molecule has 196 valence electrons. The summed E-state index contributed by atoms with van der Waals surface area (Å²) in [6.07, 6.45) is 0.529. The molecule has 5 aromatic rings. The second-order valence-electron chi connectivity index (χ2n) is 9.78. The van der Waals surface area contributed by atoms with Gasteiger partial charge in [-0.1, -0.05) is 152 Å². The van der Waals surface area contributed by atoms with Gasteiger partial charge < -0.3 is 9.13 Å². The Hall–Kier alpha value is -3.48. The summed E-state index contributed by atoms with van der Waals surface area (Å²) >= 11 is 0.